The lowest BCUT2D eigenvalue weighted by molar-refractivity contribution is -0.138. The van der Waals surface area contributed by atoms with E-state index >= 15 is 0 Å². The average Bonchev–Trinajstić information content (AvgIpc) is 2.79. The SMILES string of the molecule is CC.CC(C)(Sc1ccc2cncc(-c3ccc(C#N)c4ccc(F)cc34)c2c1)C(=O)O. The Morgan fingerprint density at radius 3 is 2.44 bits per heavy atom. The molecule has 1 heterocycles. The first-order valence-corrected chi connectivity index (χ1v) is 11.0. The van der Waals surface area contributed by atoms with Gasteiger partial charge in [0.1, 0.15) is 10.6 Å². The zero-order chi connectivity index (χ0) is 23.5. The van der Waals surface area contributed by atoms with Gasteiger partial charge in [-0.25, -0.2) is 4.39 Å². The number of hydrogen-bond donors (Lipinski definition) is 1. The van der Waals surface area contributed by atoms with Crippen molar-refractivity contribution in [3.63, 3.8) is 0 Å². The van der Waals surface area contributed by atoms with Gasteiger partial charge in [-0.2, -0.15) is 5.26 Å². The number of rotatable bonds is 4. The third-order valence-electron chi connectivity index (χ3n) is 5.01. The smallest absolute Gasteiger partial charge is 0.319 e. The lowest BCUT2D eigenvalue weighted by atomic mass is 9.93. The molecule has 4 nitrogen and oxygen atoms in total. The van der Waals surface area contributed by atoms with Crippen LogP contribution in [-0.4, -0.2) is 20.8 Å². The van der Waals surface area contributed by atoms with Crippen molar-refractivity contribution in [2.75, 3.05) is 0 Å². The van der Waals surface area contributed by atoms with Gasteiger partial charge >= 0.3 is 5.97 Å². The summed E-state index contributed by atoms with van der Waals surface area (Å²) >= 11 is 1.26. The van der Waals surface area contributed by atoms with E-state index < -0.39 is 10.7 Å². The van der Waals surface area contributed by atoms with Crippen LogP contribution in [0.5, 0.6) is 0 Å². The minimum absolute atomic E-state index is 0.383. The molecule has 4 rings (SSSR count). The number of halogens is 1. The standard InChI is InChI=1S/C24H17FN2O2S.C2H6/c1-24(2,23(28)29)30-17-6-3-15-12-27-13-22(20(15)10-17)19-7-4-14(11-26)18-8-5-16(25)9-21(18)19;1-2/h3-10,12-13H,1-2H3,(H,28,29);1-2H3. The van der Waals surface area contributed by atoms with E-state index in [1.165, 1.54) is 23.9 Å². The minimum atomic E-state index is -0.981. The van der Waals surface area contributed by atoms with Gasteiger partial charge in [0.2, 0.25) is 0 Å². The normalized spacial score (nSPS) is 11.0. The van der Waals surface area contributed by atoms with Gasteiger partial charge in [-0.3, -0.25) is 9.78 Å². The maximum atomic E-state index is 14.1. The van der Waals surface area contributed by atoms with Crippen molar-refractivity contribution >= 4 is 39.3 Å². The molecule has 0 aliphatic carbocycles. The van der Waals surface area contributed by atoms with Gasteiger partial charge in [-0.05, 0) is 60.5 Å². The number of benzene rings is 3. The first-order valence-electron chi connectivity index (χ1n) is 10.2. The van der Waals surface area contributed by atoms with Crippen molar-refractivity contribution in [3.05, 3.63) is 72.3 Å². The van der Waals surface area contributed by atoms with Crippen molar-refractivity contribution < 1.29 is 14.3 Å². The summed E-state index contributed by atoms with van der Waals surface area (Å²) in [6.07, 6.45) is 3.45. The van der Waals surface area contributed by atoms with Crippen LogP contribution in [0.25, 0.3) is 32.7 Å². The minimum Gasteiger partial charge on any atom is -0.480 e. The predicted octanol–water partition coefficient (Wildman–Crippen LogP) is 7.05. The maximum absolute atomic E-state index is 14.1. The molecule has 0 saturated heterocycles. The lowest BCUT2D eigenvalue weighted by Crippen LogP contribution is -2.26. The van der Waals surface area contributed by atoms with Crippen molar-refractivity contribution in [3.8, 4) is 17.2 Å². The molecule has 0 amide bonds. The van der Waals surface area contributed by atoms with Gasteiger partial charge in [0, 0.05) is 33.6 Å². The number of aliphatic carboxylic acids is 1. The molecule has 1 aromatic heterocycles. The maximum Gasteiger partial charge on any atom is 0.319 e. The van der Waals surface area contributed by atoms with Crippen LogP contribution in [0.4, 0.5) is 4.39 Å². The number of fused-ring (bicyclic) bond motifs is 2. The topological polar surface area (TPSA) is 74.0 Å². The van der Waals surface area contributed by atoms with Gasteiger partial charge in [0.05, 0.1) is 11.6 Å². The molecular weight excluding hydrogens is 423 g/mol. The van der Waals surface area contributed by atoms with Crippen molar-refractivity contribution in [2.45, 2.75) is 37.3 Å². The van der Waals surface area contributed by atoms with Crippen molar-refractivity contribution in [1.29, 1.82) is 5.26 Å². The second-order valence-corrected chi connectivity index (χ2v) is 9.15. The third kappa shape index (κ3) is 4.44. The van der Waals surface area contributed by atoms with Crippen LogP contribution in [-0.2, 0) is 4.79 Å². The number of thioether (sulfide) groups is 1. The third-order valence-corrected chi connectivity index (χ3v) is 6.18. The molecule has 162 valence electrons. The fourth-order valence-electron chi connectivity index (χ4n) is 3.41. The highest BCUT2D eigenvalue weighted by Gasteiger charge is 2.28. The Labute approximate surface area is 190 Å². The number of aromatic nitrogens is 1. The molecule has 6 heteroatoms. The summed E-state index contributed by atoms with van der Waals surface area (Å²) in [6.45, 7) is 7.32. The van der Waals surface area contributed by atoms with Crippen LogP contribution in [0.3, 0.4) is 0 Å². The monoisotopic (exact) mass is 446 g/mol. The van der Waals surface area contributed by atoms with E-state index in [4.69, 9.17) is 0 Å². The van der Waals surface area contributed by atoms with Crippen LogP contribution in [0.2, 0.25) is 0 Å². The number of hydrogen-bond acceptors (Lipinski definition) is 4. The van der Waals surface area contributed by atoms with Crippen molar-refractivity contribution in [1.82, 2.24) is 4.98 Å². The van der Waals surface area contributed by atoms with Crippen LogP contribution in [0.15, 0.2) is 65.8 Å². The van der Waals surface area contributed by atoms with E-state index in [2.05, 4.69) is 11.1 Å². The summed E-state index contributed by atoms with van der Waals surface area (Å²) in [7, 11) is 0. The number of pyridine rings is 1. The summed E-state index contributed by atoms with van der Waals surface area (Å²) in [6, 6.07) is 15.8. The van der Waals surface area contributed by atoms with Gasteiger partial charge in [0.15, 0.2) is 0 Å². The first kappa shape index (κ1) is 23.2. The molecule has 1 N–H and O–H groups in total. The zero-order valence-electron chi connectivity index (χ0n) is 18.3. The Balaban J connectivity index is 0.00000141. The summed E-state index contributed by atoms with van der Waals surface area (Å²) in [4.78, 5) is 16.7. The molecule has 32 heavy (non-hydrogen) atoms. The van der Waals surface area contributed by atoms with Gasteiger partial charge < -0.3 is 5.11 Å². The van der Waals surface area contributed by atoms with E-state index in [9.17, 15) is 19.6 Å². The van der Waals surface area contributed by atoms with E-state index in [-0.39, 0.29) is 5.82 Å². The number of nitrogens with zero attached hydrogens (tertiary/aromatic N) is 2. The molecule has 0 bridgehead atoms. The first-order chi connectivity index (χ1) is 15.3. The molecule has 0 spiro atoms. The Hall–Kier alpha value is -3.43. The highest BCUT2D eigenvalue weighted by atomic mass is 32.2. The largest absolute Gasteiger partial charge is 0.480 e. The molecule has 4 aromatic rings. The number of nitriles is 1. The van der Waals surface area contributed by atoms with Crippen LogP contribution >= 0.6 is 11.8 Å². The molecule has 0 aliphatic rings. The number of carbonyl (C=O) groups is 1. The second kappa shape index (κ2) is 9.37. The Bertz CT molecular complexity index is 1360. The molecule has 3 aromatic carbocycles. The van der Waals surface area contributed by atoms with E-state index in [0.29, 0.717) is 16.3 Å². The van der Waals surface area contributed by atoms with Crippen LogP contribution < -0.4 is 0 Å². The highest BCUT2D eigenvalue weighted by Crippen LogP contribution is 2.39. The summed E-state index contributed by atoms with van der Waals surface area (Å²) in [5.74, 6) is -1.28. The molecule has 0 radical (unpaired) electrons. The van der Waals surface area contributed by atoms with Gasteiger partial charge in [0.25, 0.3) is 0 Å². The van der Waals surface area contributed by atoms with Crippen LogP contribution in [0, 0.1) is 17.1 Å². The Morgan fingerprint density at radius 2 is 1.75 bits per heavy atom. The quantitative estimate of drug-likeness (QED) is 0.340. The van der Waals surface area contributed by atoms with E-state index in [1.807, 2.05) is 32.0 Å². The fourth-order valence-corrected chi connectivity index (χ4v) is 4.40. The fraction of sp³-hybridized carbons (Fsp3) is 0.192. The Morgan fingerprint density at radius 1 is 1.00 bits per heavy atom. The lowest BCUT2D eigenvalue weighted by Gasteiger charge is -2.19. The van der Waals surface area contributed by atoms with E-state index in [1.54, 1.807) is 44.4 Å². The summed E-state index contributed by atoms with van der Waals surface area (Å²) < 4.78 is 13.1. The number of carboxylic acids is 1. The predicted molar refractivity (Wildman–Crippen MR) is 128 cm³/mol. The summed E-state index contributed by atoms with van der Waals surface area (Å²) in [5.41, 5.74) is 2.03. The summed E-state index contributed by atoms with van der Waals surface area (Å²) in [5, 5.41) is 21.9. The Kier molecular flexibility index (Phi) is 6.81. The molecule has 0 aliphatic heterocycles. The number of carboxylic acid groups (broad SMARTS) is 1. The molecule has 0 saturated carbocycles. The van der Waals surface area contributed by atoms with Gasteiger partial charge in [-0.15, -0.1) is 11.8 Å². The van der Waals surface area contributed by atoms with Gasteiger partial charge in [-0.1, -0.05) is 32.0 Å². The molecule has 0 atom stereocenters. The van der Waals surface area contributed by atoms with E-state index in [0.717, 1.165) is 26.8 Å². The molecule has 0 unspecified atom stereocenters. The second-order valence-electron chi connectivity index (χ2n) is 7.45. The van der Waals surface area contributed by atoms with Crippen molar-refractivity contribution in [2.24, 2.45) is 0 Å². The molecule has 0 fully saturated rings. The highest BCUT2D eigenvalue weighted by molar-refractivity contribution is 8.01. The zero-order valence-corrected chi connectivity index (χ0v) is 19.1. The van der Waals surface area contributed by atoms with Crippen LogP contribution in [0.1, 0.15) is 33.3 Å². The molecular formula is C26H23FN2O2S. The average molecular weight is 447 g/mol.